The maximum absolute atomic E-state index is 12.4. The van der Waals surface area contributed by atoms with Gasteiger partial charge in [0.2, 0.25) is 0 Å². The number of aromatic nitrogens is 3. The van der Waals surface area contributed by atoms with Crippen LogP contribution in [0.4, 0.5) is 0 Å². The van der Waals surface area contributed by atoms with E-state index in [4.69, 9.17) is 4.74 Å². The first kappa shape index (κ1) is 19.9. The van der Waals surface area contributed by atoms with Crippen LogP contribution in [0.2, 0.25) is 0 Å². The molecule has 0 spiro atoms. The molecule has 8 heteroatoms. The van der Waals surface area contributed by atoms with Crippen LogP contribution in [0, 0.1) is 0 Å². The van der Waals surface area contributed by atoms with Gasteiger partial charge in [-0.15, -0.1) is 0 Å². The van der Waals surface area contributed by atoms with E-state index in [1.165, 1.54) is 17.9 Å². The van der Waals surface area contributed by atoms with E-state index in [1.54, 1.807) is 43.8 Å². The molecule has 3 aromatic heterocycles. The highest BCUT2D eigenvalue weighted by molar-refractivity contribution is 7.91. The summed E-state index contributed by atoms with van der Waals surface area (Å²) in [6, 6.07) is 12.6. The van der Waals surface area contributed by atoms with Gasteiger partial charge in [-0.1, -0.05) is 6.07 Å². The van der Waals surface area contributed by atoms with Crippen molar-refractivity contribution in [3.63, 3.8) is 0 Å². The molecule has 4 rings (SSSR count). The number of hydrogen-bond donors (Lipinski definition) is 0. The summed E-state index contributed by atoms with van der Waals surface area (Å²) >= 11 is 0. The first-order valence-corrected chi connectivity index (χ1v) is 11.1. The highest BCUT2D eigenvalue weighted by Crippen LogP contribution is 2.33. The highest BCUT2D eigenvalue weighted by atomic mass is 32.2. The summed E-state index contributed by atoms with van der Waals surface area (Å²) in [6.45, 7) is 0.514. The second-order valence-electron chi connectivity index (χ2n) is 7.15. The quantitative estimate of drug-likeness (QED) is 0.493. The number of benzene rings is 1. The monoisotopic (exact) mass is 423 g/mol. The fourth-order valence-corrected chi connectivity index (χ4v) is 4.52. The average molecular weight is 423 g/mol. The maximum Gasteiger partial charge on any atom is 0.292 e. The van der Waals surface area contributed by atoms with Crippen LogP contribution >= 0.6 is 0 Å². The molecule has 0 atom stereocenters. The lowest BCUT2D eigenvalue weighted by Gasteiger charge is -2.13. The lowest BCUT2D eigenvalue weighted by molar-refractivity contribution is 0.405. The second kappa shape index (κ2) is 7.46. The molecule has 0 unspecified atom stereocenters. The van der Waals surface area contributed by atoms with Crippen molar-refractivity contribution in [3.8, 4) is 17.0 Å². The Morgan fingerprint density at radius 3 is 2.50 bits per heavy atom. The van der Waals surface area contributed by atoms with Gasteiger partial charge in [0.15, 0.2) is 15.6 Å². The molecule has 0 N–H and O–H groups in total. The van der Waals surface area contributed by atoms with Crippen molar-refractivity contribution in [2.75, 3.05) is 13.4 Å². The molecule has 0 aliphatic heterocycles. The van der Waals surface area contributed by atoms with E-state index in [2.05, 4.69) is 4.98 Å². The molecule has 0 bridgehead atoms. The minimum absolute atomic E-state index is 0.221. The van der Waals surface area contributed by atoms with Gasteiger partial charge in [0.05, 0.1) is 23.2 Å². The first-order chi connectivity index (χ1) is 14.3. The van der Waals surface area contributed by atoms with Gasteiger partial charge in [-0.25, -0.2) is 8.42 Å². The van der Waals surface area contributed by atoms with E-state index in [-0.39, 0.29) is 16.2 Å². The summed E-state index contributed by atoms with van der Waals surface area (Å²) in [7, 11) is -0.307. The van der Waals surface area contributed by atoms with Crippen molar-refractivity contribution in [2.45, 2.75) is 11.4 Å². The summed E-state index contributed by atoms with van der Waals surface area (Å²) < 4.78 is 33.5. The van der Waals surface area contributed by atoms with Crippen LogP contribution in [0.5, 0.6) is 5.75 Å². The van der Waals surface area contributed by atoms with E-state index in [0.29, 0.717) is 11.9 Å². The summed E-state index contributed by atoms with van der Waals surface area (Å²) in [6.07, 6.45) is 6.37. The molecular weight excluding hydrogens is 402 g/mol. The van der Waals surface area contributed by atoms with Crippen molar-refractivity contribution < 1.29 is 13.2 Å². The largest absolute Gasteiger partial charge is 0.491 e. The highest BCUT2D eigenvalue weighted by Gasteiger charge is 2.19. The number of pyridine rings is 2. The van der Waals surface area contributed by atoms with Crippen molar-refractivity contribution in [1.82, 2.24) is 14.1 Å². The Kier molecular flexibility index (Phi) is 4.95. The van der Waals surface area contributed by atoms with Crippen molar-refractivity contribution in [3.05, 3.63) is 77.0 Å². The van der Waals surface area contributed by atoms with Gasteiger partial charge in [0.1, 0.15) is 0 Å². The number of hydrogen-bond acceptors (Lipinski definition) is 5. The maximum atomic E-state index is 12.4. The summed E-state index contributed by atoms with van der Waals surface area (Å²) in [5, 5.41) is 0.636. The number of fused-ring (bicyclic) bond motifs is 1. The van der Waals surface area contributed by atoms with Gasteiger partial charge in [-0.05, 0) is 42.0 Å². The van der Waals surface area contributed by atoms with E-state index >= 15 is 0 Å². The SMILES string of the molecule is COc1cc(-c2cc3c(S(C)(=O)=O)cccc3n2Cc2ccncc2)cn(C)c1=O. The Labute approximate surface area is 174 Å². The predicted molar refractivity (Wildman–Crippen MR) is 116 cm³/mol. The van der Waals surface area contributed by atoms with Crippen LogP contribution in [0.3, 0.4) is 0 Å². The van der Waals surface area contributed by atoms with E-state index < -0.39 is 9.84 Å². The molecule has 154 valence electrons. The van der Waals surface area contributed by atoms with Gasteiger partial charge in [0, 0.05) is 49.4 Å². The van der Waals surface area contributed by atoms with Crippen molar-refractivity contribution in [2.24, 2.45) is 7.05 Å². The van der Waals surface area contributed by atoms with Crippen LogP contribution in [0.1, 0.15) is 5.56 Å². The minimum Gasteiger partial charge on any atom is -0.491 e. The van der Waals surface area contributed by atoms with E-state index in [9.17, 15) is 13.2 Å². The van der Waals surface area contributed by atoms with Gasteiger partial charge < -0.3 is 13.9 Å². The molecule has 0 fully saturated rings. The molecule has 4 aromatic rings. The molecule has 0 aliphatic rings. The molecular formula is C22H21N3O4S. The normalized spacial score (nSPS) is 11.7. The number of rotatable bonds is 5. The number of ether oxygens (including phenoxy) is 1. The summed E-state index contributed by atoms with van der Waals surface area (Å²) in [5.41, 5.74) is 3.10. The van der Waals surface area contributed by atoms with Crippen LogP contribution in [-0.2, 0) is 23.4 Å². The fraction of sp³-hybridized carbons (Fsp3) is 0.182. The molecule has 0 radical (unpaired) electrons. The van der Waals surface area contributed by atoms with Crippen molar-refractivity contribution >= 4 is 20.7 Å². The molecule has 7 nitrogen and oxygen atoms in total. The molecule has 1 aromatic carbocycles. The van der Waals surface area contributed by atoms with Crippen LogP contribution < -0.4 is 10.3 Å². The Morgan fingerprint density at radius 2 is 1.83 bits per heavy atom. The zero-order valence-electron chi connectivity index (χ0n) is 16.9. The smallest absolute Gasteiger partial charge is 0.292 e. The molecule has 0 amide bonds. The molecule has 0 saturated carbocycles. The third-order valence-electron chi connectivity index (χ3n) is 5.06. The van der Waals surface area contributed by atoms with Crippen molar-refractivity contribution in [1.29, 1.82) is 0 Å². The van der Waals surface area contributed by atoms with Gasteiger partial charge in [-0.3, -0.25) is 9.78 Å². The number of nitrogens with zero attached hydrogens (tertiary/aromatic N) is 3. The predicted octanol–water partition coefficient (Wildman–Crippen LogP) is 2.86. The average Bonchev–Trinajstić information content (AvgIpc) is 3.08. The van der Waals surface area contributed by atoms with E-state index in [1.807, 2.05) is 28.8 Å². The Balaban J connectivity index is 2.04. The number of methoxy groups -OCH3 is 1. The Hall–Kier alpha value is -3.39. The third kappa shape index (κ3) is 3.50. The second-order valence-corrected chi connectivity index (χ2v) is 9.13. The van der Waals surface area contributed by atoms with Gasteiger partial charge >= 0.3 is 0 Å². The number of aryl methyl sites for hydroxylation is 1. The topological polar surface area (TPSA) is 83.2 Å². The molecule has 3 heterocycles. The number of sulfone groups is 1. The van der Waals surface area contributed by atoms with E-state index in [0.717, 1.165) is 22.3 Å². The lowest BCUT2D eigenvalue weighted by atomic mass is 10.2. The van der Waals surface area contributed by atoms with Crippen LogP contribution in [-0.4, -0.2) is 35.9 Å². The fourth-order valence-electron chi connectivity index (χ4n) is 3.63. The third-order valence-corrected chi connectivity index (χ3v) is 6.22. The lowest BCUT2D eigenvalue weighted by Crippen LogP contribution is -2.18. The first-order valence-electron chi connectivity index (χ1n) is 9.26. The summed E-state index contributed by atoms with van der Waals surface area (Å²) in [5.74, 6) is 0.221. The van der Waals surface area contributed by atoms with Gasteiger partial charge in [0.25, 0.3) is 5.56 Å². The molecule has 0 aliphatic carbocycles. The van der Waals surface area contributed by atoms with Crippen LogP contribution in [0.15, 0.2) is 70.7 Å². The summed E-state index contributed by atoms with van der Waals surface area (Å²) in [4.78, 5) is 16.6. The Bertz CT molecular complexity index is 1400. The standard InChI is InChI=1S/C22H21N3O4S/c1-24-14-16(11-20(29-2)22(24)26)19-12-17-18(5-4-6-21(17)30(3,27)28)25(19)13-15-7-9-23-10-8-15/h4-12,14H,13H2,1-3H3. The molecule has 0 saturated heterocycles. The van der Waals surface area contributed by atoms with Gasteiger partial charge in [-0.2, -0.15) is 0 Å². The molecule has 30 heavy (non-hydrogen) atoms. The van der Waals surface area contributed by atoms with Crippen LogP contribution in [0.25, 0.3) is 22.2 Å². The Morgan fingerprint density at radius 1 is 1.10 bits per heavy atom. The zero-order chi connectivity index (χ0) is 21.5. The zero-order valence-corrected chi connectivity index (χ0v) is 17.7. The minimum atomic E-state index is -3.42.